The number of allylic oxidation sites excluding steroid dienone is 8. The van der Waals surface area contributed by atoms with Crippen LogP contribution in [0.25, 0.3) is 0 Å². The largest absolute Gasteiger partial charge is 0.756 e. The van der Waals surface area contributed by atoms with E-state index in [4.69, 9.17) is 18.5 Å². The number of unbranched alkanes of at least 4 members (excludes halogenated alkanes) is 18. The summed E-state index contributed by atoms with van der Waals surface area (Å²) in [5.41, 5.74) is 0. The lowest BCUT2D eigenvalue weighted by atomic mass is 10.0. The molecule has 2 atom stereocenters. The van der Waals surface area contributed by atoms with Crippen molar-refractivity contribution >= 4 is 13.8 Å². The molecule has 9 heteroatoms. The van der Waals surface area contributed by atoms with Crippen LogP contribution in [0.4, 0.5) is 0 Å². The average Bonchev–Trinajstić information content (AvgIpc) is 3.12. The number of nitrogens with zero attached hydrogens (tertiary/aromatic N) is 1. The van der Waals surface area contributed by atoms with E-state index < -0.39 is 13.9 Å². The highest BCUT2D eigenvalue weighted by atomic mass is 31.2. The van der Waals surface area contributed by atoms with Crippen molar-refractivity contribution in [2.75, 3.05) is 54.1 Å². The third-order valence-electron chi connectivity index (χ3n) is 9.14. The minimum atomic E-state index is -4.51. The number of quaternary nitrogens is 1. The van der Waals surface area contributed by atoms with E-state index in [-0.39, 0.29) is 25.8 Å². The van der Waals surface area contributed by atoms with Crippen LogP contribution in [-0.4, -0.2) is 70.7 Å². The molecule has 0 aliphatic rings. The Morgan fingerprint density at radius 3 is 1.61 bits per heavy atom. The van der Waals surface area contributed by atoms with Gasteiger partial charge in [-0.15, -0.1) is 0 Å². The summed E-state index contributed by atoms with van der Waals surface area (Å²) in [7, 11) is 1.35. The fourth-order valence-electron chi connectivity index (χ4n) is 5.77. The van der Waals surface area contributed by atoms with Crippen LogP contribution in [0.5, 0.6) is 0 Å². The van der Waals surface area contributed by atoms with E-state index in [1.54, 1.807) is 0 Å². The van der Waals surface area contributed by atoms with Crippen molar-refractivity contribution in [3.63, 3.8) is 0 Å². The molecule has 0 amide bonds. The van der Waals surface area contributed by atoms with Gasteiger partial charge in [0.25, 0.3) is 7.82 Å². The van der Waals surface area contributed by atoms with Crippen molar-refractivity contribution in [2.45, 2.75) is 180 Å². The number of rotatable bonds is 40. The van der Waals surface area contributed by atoms with Gasteiger partial charge in [-0.2, -0.15) is 0 Å². The second-order valence-corrected chi connectivity index (χ2v) is 17.1. The highest BCUT2D eigenvalue weighted by Crippen LogP contribution is 2.38. The standard InChI is InChI=1S/C45H84NO7P/c1-6-8-10-12-14-15-16-17-18-19-20-21-22-23-24-25-26-27-28-29-30-31-32-33-35-37-40-50-42-44(53-45(47)38-36-34-13-11-9-7-2)43-52-54(48,49)51-41-39-46(3,4)5/h8,10,14-15,17-18,20-21,44H,6-7,9,11-13,16,19,22-43H2,1-5H3/b10-8-,15-14-,18-17-,21-20-. The number of carbonyl (C=O) groups is 1. The zero-order valence-corrected chi connectivity index (χ0v) is 36.6. The van der Waals surface area contributed by atoms with Crippen LogP contribution >= 0.6 is 7.82 Å². The first kappa shape index (κ1) is 52.5. The first-order valence-electron chi connectivity index (χ1n) is 21.9. The van der Waals surface area contributed by atoms with Gasteiger partial charge in [-0.1, -0.05) is 165 Å². The molecule has 0 aromatic heterocycles. The predicted molar refractivity (Wildman–Crippen MR) is 226 cm³/mol. The SMILES string of the molecule is CC/C=C\C/C=C\C/C=C\C/C=C\CCCCCCCCCCCCCCCOCC(COP(=O)([O-])OCC[N+](C)(C)C)OC(=O)CCCCCCCC. The van der Waals surface area contributed by atoms with Crippen molar-refractivity contribution in [1.29, 1.82) is 0 Å². The molecule has 54 heavy (non-hydrogen) atoms. The summed E-state index contributed by atoms with van der Waals surface area (Å²) >= 11 is 0. The van der Waals surface area contributed by atoms with E-state index in [0.29, 0.717) is 24.1 Å². The lowest BCUT2D eigenvalue weighted by Gasteiger charge is -2.28. The first-order valence-corrected chi connectivity index (χ1v) is 23.3. The van der Waals surface area contributed by atoms with Gasteiger partial charge >= 0.3 is 5.97 Å². The molecular formula is C45H84NO7P. The third-order valence-corrected chi connectivity index (χ3v) is 10.1. The highest BCUT2D eigenvalue weighted by molar-refractivity contribution is 7.45. The Morgan fingerprint density at radius 1 is 0.593 bits per heavy atom. The lowest BCUT2D eigenvalue weighted by Crippen LogP contribution is -2.37. The number of carbonyl (C=O) groups excluding carboxylic acids is 1. The molecule has 0 saturated heterocycles. The summed E-state index contributed by atoms with van der Waals surface area (Å²) in [4.78, 5) is 24.8. The van der Waals surface area contributed by atoms with Crippen LogP contribution in [0.3, 0.4) is 0 Å². The van der Waals surface area contributed by atoms with Crippen LogP contribution in [0.15, 0.2) is 48.6 Å². The van der Waals surface area contributed by atoms with Gasteiger partial charge in [-0.3, -0.25) is 9.36 Å². The van der Waals surface area contributed by atoms with Crippen molar-refractivity contribution < 1.29 is 37.3 Å². The summed E-state index contributed by atoms with van der Waals surface area (Å²) in [6.07, 6.45) is 45.9. The van der Waals surface area contributed by atoms with Crippen LogP contribution in [0, 0.1) is 0 Å². The Kier molecular flexibility index (Phi) is 37.2. The highest BCUT2D eigenvalue weighted by Gasteiger charge is 2.20. The molecule has 0 aromatic carbocycles. The van der Waals surface area contributed by atoms with E-state index in [0.717, 1.165) is 57.8 Å². The Morgan fingerprint density at radius 2 is 1.07 bits per heavy atom. The number of hydrogen-bond acceptors (Lipinski definition) is 7. The van der Waals surface area contributed by atoms with Gasteiger partial charge in [0.1, 0.15) is 19.3 Å². The predicted octanol–water partition coefficient (Wildman–Crippen LogP) is 12.1. The second kappa shape index (κ2) is 38.3. The molecule has 8 nitrogen and oxygen atoms in total. The molecule has 0 N–H and O–H groups in total. The van der Waals surface area contributed by atoms with Crippen molar-refractivity contribution in [1.82, 2.24) is 0 Å². The fraction of sp³-hybridized carbons (Fsp3) is 0.800. The minimum Gasteiger partial charge on any atom is -0.756 e. The summed E-state index contributed by atoms with van der Waals surface area (Å²) in [6.45, 7) is 5.23. The zero-order valence-electron chi connectivity index (χ0n) is 35.7. The molecule has 0 saturated carbocycles. The number of hydrogen-bond donors (Lipinski definition) is 0. The lowest BCUT2D eigenvalue weighted by molar-refractivity contribution is -0.870. The van der Waals surface area contributed by atoms with Gasteiger partial charge in [0.2, 0.25) is 0 Å². The number of phosphoric ester groups is 1. The van der Waals surface area contributed by atoms with E-state index in [1.807, 2.05) is 21.1 Å². The first-order chi connectivity index (χ1) is 26.1. The Balaban J connectivity index is 3.94. The number of esters is 1. The van der Waals surface area contributed by atoms with E-state index in [9.17, 15) is 14.3 Å². The fourth-order valence-corrected chi connectivity index (χ4v) is 6.50. The molecule has 0 rings (SSSR count). The van der Waals surface area contributed by atoms with E-state index >= 15 is 0 Å². The minimum absolute atomic E-state index is 0.0257. The maximum Gasteiger partial charge on any atom is 0.306 e. The number of likely N-dealkylation sites (N-methyl/N-ethyl adjacent to an activating group) is 1. The van der Waals surface area contributed by atoms with Gasteiger partial charge in [0, 0.05) is 13.0 Å². The number of ether oxygens (including phenoxy) is 2. The molecule has 0 radical (unpaired) electrons. The molecule has 0 aromatic rings. The summed E-state index contributed by atoms with van der Waals surface area (Å²) in [6, 6.07) is 0. The Hall–Kier alpha value is -1.54. The van der Waals surface area contributed by atoms with Gasteiger partial charge in [-0.05, 0) is 51.4 Å². The third kappa shape index (κ3) is 41.6. The zero-order chi connectivity index (χ0) is 39.9. The second-order valence-electron chi connectivity index (χ2n) is 15.7. The van der Waals surface area contributed by atoms with Crippen molar-refractivity contribution in [3.8, 4) is 0 Å². The van der Waals surface area contributed by atoms with Gasteiger partial charge < -0.3 is 27.9 Å². The van der Waals surface area contributed by atoms with E-state index in [1.165, 1.54) is 96.3 Å². The van der Waals surface area contributed by atoms with Crippen LogP contribution in [0.2, 0.25) is 0 Å². The topological polar surface area (TPSA) is 94.1 Å². The van der Waals surface area contributed by atoms with Gasteiger partial charge in [-0.25, -0.2) is 0 Å². The normalized spacial score (nSPS) is 14.3. The Bertz CT molecular complexity index is 1000. The molecule has 0 aliphatic heterocycles. The van der Waals surface area contributed by atoms with Crippen LogP contribution in [0.1, 0.15) is 174 Å². The summed E-state index contributed by atoms with van der Waals surface area (Å²) in [5, 5.41) is 0. The molecule has 0 bridgehead atoms. The van der Waals surface area contributed by atoms with Crippen molar-refractivity contribution in [2.24, 2.45) is 0 Å². The molecule has 316 valence electrons. The van der Waals surface area contributed by atoms with Crippen LogP contribution < -0.4 is 4.89 Å². The summed E-state index contributed by atoms with van der Waals surface area (Å²) < 4.78 is 34.4. The van der Waals surface area contributed by atoms with Gasteiger partial charge in [0.15, 0.2) is 0 Å². The summed E-state index contributed by atoms with van der Waals surface area (Å²) in [5.74, 6) is -0.345. The smallest absolute Gasteiger partial charge is 0.306 e. The molecule has 0 aliphatic carbocycles. The maximum absolute atomic E-state index is 12.5. The molecule has 0 fully saturated rings. The maximum atomic E-state index is 12.5. The van der Waals surface area contributed by atoms with E-state index in [2.05, 4.69) is 62.5 Å². The number of phosphoric acid groups is 1. The molecule has 0 spiro atoms. The quantitative estimate of drug-likeness (QED) is 0.0201. The monoisotopic (exact) mass is 782 g/mol. The average molecular weight is 782 g/mol. The molecule has 2 unspecified atom stereocenters. The van der Waals surface area contributed by atoms with Crippen LogP contribution in [-0.2, 0) is 27.9 Å². The van der Waals surface area contributed by atoms with Crippen molar-refractivity contribution in [3.05, 3.63) is 48.6 Å². The van der Waals surface area contributed by atoms with Gasteiger partial charge in [0.05, 0.1) is 34.4 Å². The Labute approximate surface area is 333 Å². The molecular weight excluding hydrogens is 697 g/mol. The molecule has 0 heterocycles.